The predicted molar refractivity (Wildman–Crippen MR) is 68.1 cm³/mol. The largest absolute Gasteiger partial charge is 0.481 e. The van der Waals surface area contributed by atoms with Crippen LogP contribution in [0, 0.1) is 17.3 Å². The van der Waals surface area contributed by atoms with Gasteiger partial charge in [0.25, 0.3) is 0 Å². The van der Waals surface area contributed by atoms with Crippen molar-refractivity contribution >= 4 is 11.9 Å². The van der Waals surface area contributed by atoms with Gasteiger partial charge in [-0.05, 0) is 5.41 Å². The fraction of sp³-hybridized carbons (Fsp3) is 0.615. The quantitative estimate of drug-likeness (QED) is 0.871. The molecule has 0 aromatic carbocycles. The van der Waals surface area contributed by atoms with Crippen LogP contribution in [-0.4, -0.2) is 38.7 Å². The fourth-order valence-electron chi connectivity index (χ4n) is 2.70. The third kappa shape index (κ3) is 2.34. The third-order valence-corrected chi connectivity index (χ3v) is 3.91. The van der Waals surface area contributed by atoms with Crippen LogP contribution >= 0.6 is 0 Å². The van der Waals surface area contributed by atoms with Crippen molar-refractivity contribution in [2.24, 2.45) is 24.3 Å². The molecule has 1 heterocycles. The lowest BCUT2D eigenvalue weighted by Crippen LogP contribution is -2.29. The van der Waals surface area contributed by atoms with E-state index in [4.69, 9.17) is 5.11 Å². The standard InChI is InChI=1S/C13H19N3O3/c1-13(2)9(10(13)12(18)19)11(17)15(3)6-8-5-14-16(4)7-8/h5,7,9-10H,6H2,1-4H3,(H,18,19)/t9-,10+/m0/s1. The number of rotatable bonds is 4. The molecule has 0 radical (unpaired) electrons. The van der Waals surface area contributed by atoms with Gasteiger partial charge < -0.3 is 10.0 Å². The average molecular weight is 265 g/mol. The van der Waals surface area contributed by atoms with Gasteiger partial charge in [-0.2, -0.15) is 5.10 Å². The zero-order valence-electron chi connectivity index (χ0n) is 11.6. The summed E-state index contributed by atoms with van der Waals surface area (Å²) in [6.07, 6.45) is 3.55. The van der Waals surface area contributed by atoms with Crippen LogP contribution in [0.4, 0.5) is 0 Å². The van der Waals surface area contributed by atoms with Crippen LogP contribution in [-0.2, 0) is 23.2 Å². The average Bonchev–Trinajstić information content (AvgIpc) is 2.63. The van der Waals surface area contributed by atoms with Crippen LogP contribution in [0.2, 0.25) is 0 Å². The maximum atomic E-state index is 12.3. The van der Waals surface area contributed by atoms with Gasteiger partial charge in [0.15, 0.2) is 0 Å². The number of carboxylic acid groups (broad SMARTS) is 1. The molecule has 2 rings (SSSR count). The smallest absolute Gasteiger partial charge is 0.307 e. The van der Waals surface area contributed by atoms with Crippen molar-refractivity contribution in [3.8, 4) is 0 Å². The molecule has 0 spiro atoms. The molecule has 1 amide bonds. The number of aryl methyl sites for hydroxylation is 1. The van der Waals surface area contributed by atoms with E-state index in [1.165, 1.54) is 0 Å². The van der Waals surface area contributed by atoms with Gasteiger partial charge in [0.2, 0.25) is 5.91 Å². The maximum absolute atomic E-state index is 12.3. The van der Waals surface area contributed by atoms with Gasteiger partial charge in [-0.25, -0.2) is 0 Å². The molecule has 1 aliphatic rings. The predicted octanol–water partition coefficient (Wildman–Crippen LogP) is 0.735. The fourth-order valence-corrected chi connectivity index (χ4v) is 2.70. The highest BCUT2D eigenvalue weighted by molar-refractivity contribution is 5.91. The van der Waals surface area contributed by atoms with Crippen LogP contribution < -0.4 is 0 Å². The molecule has 1 aliphatic carbocycles. The highest BCUT2D eigenvalue weighted by atomic mass is 16.4. The number of carboxylic acids is 1. The number of carbonyl (C=O) groups is 2. The third-order valence-electron chi connectivity index (χ3n) is 3.91. The monoisotopic (exact) mass is 265 g/mol. The van der Waals surface area contributed by atoms with E-state index in [0.717, 1.165) is 5.56 Å². The van der Waals surface area contributed by atoms with Crippen molar-refractivity contribution in [3.05, 3.63) is 18.0 Å². The number of hydrogen-bond acceptors (Lipinski definition) is 3. The number of nitrogens with zero attached hydrogens (tertiary/aromatic N) is 3. The number of hydrogen-bond donors (Lipinski definition) is 1. The summed E-state index contributed by atoms with van der Waals surface area (Å²) in [6, 6.07) is 0. The minimum Gasteiger partial charge on any atom is -0.481 e. The van der Waals surface area contributed by atoms with E-state index in [0.29, 0.717) is 6.54 Å². The second kappa shape index (κ2) is 4.36. The lowest BCUT2D eigenvalue weighted by atomic mass is 10.1. The van der Waals surface area contributed by atoms with Gasteiger partial charge in [0.05, 0.1) is 18.0 Å². The van der Waals surface area contributed by atoms with Gasteiger partial charge in [0.1, 0.15) is 0 Å². The minimum atomic E-state index is -0.891. The molecular formula is C13H19N3O3. The second-order valence-electron chi connectivity index (χ2n) is 5.83. The van der Waals surface area contributed by atoms with Crippen molar-refractivity contribution in [2.45, 2.75) is 20.4 Å². The van der Waals surface area contributed by atoms with E-state index in [1.54, 1.807) is 22.8 Å². The number of aromatic nitrogens is 2. The first-order valence-corrected chi connectivity index (χ1v) is 6.20. The number of carbonyl (C=O) groups excluding carboxylic acids is 1. The molecule has 104 valence electrons. The van der Waals surface area contributed by atoms with E-state index in [-0.39, 0.29) is 5.91 Å². The summed E-state index contributed by atoms with van der Waals surface area (Å²) in [7, 11) is 3.51. The minimum absolute atomic E-state index is 0.110. The zero-order chi connectivity index (χ0) is 14.4. The van der Waals surface area contributed by atoms with Gasteiger partial charge in [-0.15, -0.1) is 0 Å². The second-order valence-corrected chi connectivity index (χ2v) is 5.83. The molecule has 1 aromatic heterocycles. The van der Waals surface area contributed by atoms with Crippen LogP contribution in [0.1, 0.15) is 19.4 Å². The molecular weight excluding hydrogens is 246 g/mol. The van der Waals surface area contributed by atoms with Crippen molar-refractivity contribution < 1.29 is 14.7 Å². The van der Waals surface area contributed by atoms with Crippen LogP contribution in [0.15, 0.2) is 12.4 Å². The molecule has 1 fully saturated rings. The maximum Gasteiger partial charge on any atom is 0.307 e. The Kier molecular flexibility index (Phi) is 3.12. The van der Waals surface area contributed by atoms with Gasteiger partial charge in [-0.3, -0.25) is 14.3 Å². The molecule has 0 saturated heterocycles. The van der Waals surface area contributed by atoms with Crippen LogP contribution in [0.25, 0.3) is 0 Å². The highest BCUT2D eigenvalue weighted by Crippen LogP contribution is 2.58. The normalized spacial score (nSPS) is 24.0. The van der Waals surface area contributed by atoms with E-state index >= 15 is 0 Å². The first-order chi connectivity index (χ1) is 8.75. The summed E-state index contributed by atoms with van der Waals surface area (Å²) in [6.45, 7) is 4.10. The molecule has 6 heteroatoms. The van der Waals surface area contributed by atoms with E-state index < -0.39 is 23.2 Å². The zero-order valence-corrected chi connectivity index (χ0v) is 11.6. The summed E-state index contributed by atoms with van der Waals surface area (Å²) in [5, 5.41) is 13.1. The highest BCUT2D eigenvalue weighted by Gasteiger charge is 2.66. The number of aliphatic carboxylic acids is 1. The molecule has 0 aliphatic heterocycles. The van der Waals surface area contributed by atoms with Gasteiger partial charge in [-0.1, -0.05) is 13.8 Å². The molecule has 0 bridgehead atoms. The Labute approximate surface area is 112 Å². The molecule has 6 nitrogen and oxygen atoms in total. The Morgan fingerprint density at radius 2 is 2.11 bits per heavy atom. The van der Waals surface area contributed by atoms with E-state index in [9.17, 15) is 9.59 Å². The molecule has 1 aromatic rings. The summed E-state index contributed by atoms with van der Waals surface area (Å²) in [4.78, 5) is 25.0. The molecule has 1 N–H and O–H groups in total. The summed E-state index contributed by atoms with van der Waals surface area (Å²) in [5.74, 6) is -2.00. The Morgan fingerprint density at radius 3 is 2.53 bits per heavy atom. The van der Waals surface area contributed by atoms with Gasteiger partial charge in [0, 0.05) is 32.4 Å². The first-order valence-electron chi connectivity index (χ1n) is 6.20. The Balaban J connectivity index is 2.03. The topological polar surface area (TPSA) is 75.4 Å². The van der Waals surface area contributed by atoms with Crippen LogP contribution in [0.3, 0.4) is 0 Å². The molecule has 19 heavy (non-hydrogen) atoms. The lowest BCUT2D eigenvalue weighted by Gasteiger charge is -2.17. The summed E-state index contributed by atoms with van der Waals surface area (Å²) < 4.78 is 1.68. The van der Waals surface area contributed by atoms with Crippen molar-refractivity contribution in [2.75, 3.05) is 7.05 Å². The van der Waals surface area contributed by atoms with Crippen LogP contribution in [0.5, 0.6) is 0 Å². The Morgan fingerprint density at radius 1 is 1.47 bits per heavy atom. The van der Waals surface area contributed by atoms with Crippen molar-refractivity contribution in [1.29, 1.82) is 0 Å². The van der Waals surface area contributed by atoms with E-state index in [2.05, 4.69) is 5.10 Å². The van der Waals surface area contributed by atoms with E-state index in [1.807, 2.05) is 27.1 Å². The first kappa shape index (κ1) is 13.6. The van der Waals surface area contributed by atoms with Crippen molar-refractivity contribution in [1.82, 2.24) is 14.7 Å². The summed E-state index contributed by atoms with van der Waals surface area (Å²) in [5.41, 5.74) is 0.482. The molecule has 0 unspecified atom stereocenters. The lowest BCUT2D eigenvalue weighted by molar-refractivity contribution is -0.141. The van der Waals surface area contributed by atoms with Gasteiger partial charge >= 0.3 is 5.97 Å². The number of amides is 1. The SMILES string of the molecule is CN(Cc1cnn(C)c1)C(=O)[C@@H]1[C@H](C(=O)O)C1(C)C. The Hall–Kier alpha value is -1.85. The summed E-state index contributed by atoms with van der Waals surface area (Å²) >= 11 is 0. The Bertz CT molecular complexity index is 521. The van der Waals surface area contributed by atoms with Crippen molar-refractivity contribution in [3.63, 3.8) is 0 Å². The molecule has 2 atom stereocenters. The molecule has 1 saturated carbocycles.